The number of hydrogen-bond acceptors (Lipinski definition) is 4. The van der Waals surface area contributed by atoms with Crippen molar-refractivity contribution in [3.63, 3.8) is 0 Å². The molecule has 0 radical (unpaired) electrons. The minimum Gasteiger partial charge on any atom is -0.455 e. The molecule has 2 heterocycles. The highest BCUT2D eigenvalue weighted by Gasteiger charge is 2.29. The first-order chi connectivity index (χ1) is 8.80. The van der Waals surface area contributed by atoms with Gasteiger partial charge >= 0.3 is 0 Å². The van der Waals surface area contributed by atoms with E-state index in [2.05, 4.69) is 0 Å². The van der Waals surface area contributed by atoms with Gasteiger partial charge < -0.3 is 9.32 Å². The normalized spacial score (nSPS) is 20.6. The van der Waals surface area contributed by atoms with E-state index in [1.54, 1.807) is 4.90 Å². The molecule has 1 atom stereocenters. The second-order valence-corrected chi connectivity index (χ2v) is 7.35. The fraction of sp³-hybridized carbons (Fsp3) is 0.583. The average molecular weight is 306 g/mol. The number of piperidine rings is 1. The number of amides is 1. The van der Waals surface area contributed by atoms with Crippen molar-refractivity contribution in [1.82, 2.24) is 4.90 Å². The summed E-state index contributed by atoms with van der Waals surface area (Å²) in [5, 5.41) is 0. The predicted octanol–water partition coefficient (Wildman–Crippen LogP) is 2.53. The Balaban J connectivity index is 2.30. The molecule has 0 spiro atoms. The third-order valence-corrected chi connectivity index (χ3v) is 4.84. The molecule has 1 aliphatic rings. The van der Waals surface area contributed by atoms with Crippen LogP contribution in [0.15, 0.2) is 15.4 Å². The Labute approximate surface area is 116 Å². The van der Waals surface area contributed by atoms with Crippen molar-refractivity contribution in [2.45, 2.75) is 44.0 Å². The lowest BCUT2D eigenvalue weighted by molar-refractivity contribution is 0.0601. The van der Waals surface area contributed by atoms with E-state index in [0.29, 0.717) is 6.54 Å². The van der Waals surface area contributed by atoms with Gasteiger partial charge in [-0.1, -0.05) is 0 Å². The monoisotopic (exact) mass is 305 g/mol. The highest BCUT2D eigenvalue weighted by Crippen LogP contribution is 2.26. The minimum atomic E-state index is -3.88. The van der Waals surface area contributed by atoms with Crippen LogP contribution in [0.5, 0.6) is 0 Å². The van der Waals surface area contributed by atoms with E-state index in [4.69, 9.17) is 15.1 Å². The fourth-order valence-corrected chi connectivity index (χ4v) is 3.45. The van der Waals surface area contributed by atoms with Crippen molar-refractivity contribution in [3.05, 3.63) is 17.6 Å². The van der Waals surface area contributed by atoms with Crippen molar-refractivity contribution in [3.8, 4) is 0 Å². The third kappa shape index (κ3) is 2.95. The Hall–Kier alpha value is -1.01. The number of carbonyl (C=O) groups excluding carboxylic acids is 1. The summed E-state index contributed by atoms with van der Waals surface area (Å²) in [4.78, 5) is 13.9. The lowest BCUT2D eigenvalue weighted by atomic mass is 10.0. The first kappa shape index (κ1) is 14.4. The molecule has 1 aromatic rings. The first-order valence-electron chi connectivity index (χ1n) is 6.17. The van der Waals surface area contributed by atoms with Gasteiger partial charge in [-0.2, -0.15) is 0 Å². The van der Waals surface area contributed by atoms with Crippen LogP contribution >= 0.6 is 10.7 Å². The number of furan rings is 1. The molecule has 1 aromatic heterocycles. The number of nitrogens with zero attached hydrogens (tertiary/aromatic N) is 1. The lowest BCUT2D eigenvalue weighted by Crippen LogP contribution is -2.41. The van der Waals surface area contributed by atoms with E-state index in [9.17, 15) is 13.2 Å². The Morgan fingerprint density at radius 1 is 1.47 bits per heavy atom. The molecule has 2 rings (SSSR count). The molecule has 0 bridgehead atoms. The van der Waals surface area contributed by atoms with E-state index in [1.165, 1.54) is 13.0 Å². The van der Waals surface area contributed by atoms with Crippen LogP contribution in [0.2, 0.25) is 0 Å². The summed E-state index contributed by atoms with van der Waals surface area (Å²) < 4.78 is 27.9. The highest BCUT2D eigenvalue weighted by atomic mass is 35.7. The summed E-state index contributed by atoms with van der Waals surface area (Å²) in [5.74, 6) is -0.102. The Bertz CT molecular complexity index is 593. The molecule has 0 aliphatic carbocycles. The summed E-state index contributed by atoms with van der Waals surface area (Å²) in [7, 11) is 1.40. The summed E-state index contributed by atoms with van der Waals surface area (Å²) in [6.07, 6.45) is 3.01. The molecule has 1 amide bonds. The minimum absolute atomic E-state index is 0.0328. The zero-order chi connectivity index (χ0) is 14.2. The zero-order valence-corrected chi connectivity index (χ0v) is 12.4. The van der Waals surface area contributed by atoms with E-state index >= 15 is 0 Å². The van der Waals surface area contributed by atoms with Crippen LogP contribution in [0.25, 0.3) is 0 Å². The van der Waals surface area contributed by atoms with Crippen LogP contribution < -0.4 is 0 Å². The predicted molar refractivity (Wildman–Crippen MR) is 70.8 cm³/mol. The van der Waals surface area contributed by atoms with Crippen LogP contribution in [0.3, 0.4) is 0 Å². The van der Waals surface area contributed by atoms with Gasteiger partial charge in [0.15, 0.2) is 5.76 Å². The molecule has 19 heavy (non-hydrogen) atoms. The number of likely N-dealkylation sites (tertiary alicyclic amines) is 1. The van der Waals surface area contributed by atoms with Gasteiger partial charge in [-0.3, -0.25) is 4.79 Å². The molecular weight excluding hydrogens is 290 g/mol. The van der Waals surface area contributed by atoms with Crippen LogP contribution in [0, 0.1) is 6.92 Å². The maximum absolute atomic E-state index is 12.3. The molecule has 106 valence electrons. The smallest absolute Gasteiger partial charge is 0.289 e. The maximum Gasteiger partial charge on any atom is 0.289 e. The van der Waals surface area contributed by atoms with Crippen molar-refractivity contribution >= 4 is 25.6 Å². The van der Waals surface area contributed by atoms with Gasteiger partial charge in [-0.15, -0.1) is 0 Å². The molecular formula is C12H16ClNO4S. The van der Waals surface area contributed by atoms with E-state index < -0.39 is 9.05 Å². The number of halogens is 1. The van der Waals surface area contributed by atoms with E-state index in [-0.39, 0.29) is 28.4 Å². The SMILES string of the molecule is Cc1oc(C(=O)N2CCCCC2C)cc1S(=O)(=O)Cl. The van der Waals surface area contributed by atoms with Crippen molar-refractivity contribution in [2.24, 2.45) is 0 Å². The van der Waals surface area contributed by atoms with Gasteiger partial charge in [-0.05, 0) is 33.1 Å². The van der Waals surface area contributed by atoms with Crippen LogP contribution in [0.4, 0.5) is 0 Å². The molecule has 7 heteroatoms. The molecule has 1 aliphatic heterocycles. The van der Waals surface area contributed by atoms with Gasteiger partial charge in [0.1, 0.15) is 10.7 Å². The van der Waals surface area contributed by atoms with Crippen LogP contribution in [-0.2, 0) is 9.05 Å². The highest BCUT2D eigenvalue weighted by molar-refractivity contribution is 8.13. The average Bonchev–Trinajstić information content (AvgIpc) is 2.71. The van der Waals surface area contributed by atoms with E-state index in [0.717, 1.165) is 19.3 Å². The second kappa shape index (κ2) is 5.17. The summed E-state index contributed by atoms with van der Waals surface area (Å²) in [6, 6.07) is 1.35. The lowest BCUT2D eigenvalue weighted by Gasteiger charge is -2.32. The number of aryl methyl sites for hydroxylation is 1. The topological polar surface area (TPSA) is 67.6 Å². The molecule has 0 aromatic carbocycles. The van der Waals surface area contributed by atoms with Crippen LogP contribution in [0.1, 0.15) is 42.5 Å². The zero-order valence-electron chi connectivity index (χ0n) is 10.8. The Morgan fingerprint density at radius 2 is 2.16 bits per heavy atom. The molecule has 1 saturated heterocycles. The molecule has 0 saturated carbocycles. The van der Waals surface area contributed by atoms with Crippen molar-refractivity contribution in [1.29, 1.82) is 0 Å². The largest absolute Gasteiger partial charge is 0.455 e. The fourth-order valence-electron chi connectivity index (χ4n) is 2.35. The molecule has 5 nitrogen and oxygen atoms in total. The molecule has 0 N–H and O–H groups in total. The maximum atomic E-state index is 12.3. The quantitative estimate of drug-likeness (QED) is 0.787. The Morgan fingerprint density at radius 3 is 2.68 bits per heavy atom. The third-order valence-electron chi connectivity index (χ3n) is 3.41. The summed E-state index contributed by atoms with van der Waals surface area (Å²) >= 11 is 0. The second-order valence-electron chi connectivity index (χ2n) is 4.81. The Kier molecular flexibility index (Phi) is 3.92. The first-order valence-corrected chi connectivity index (χ1v) is 8.47. The van der Waals surface area contributed by atoms with Gasteiger partial charge in [0.25, 0.3) is 15.0 Å². The van der Waals surface area contributed by atoms with Crippen LogP contribution in [-0.4, -0.2) is 31.8 Å². The summed E-state index contributed by atoms with van der Waals surface area (Å²) in [6.45, 7) is 4.13. The van der Waals surface area contributed by atoms with Gasteiger partial charge in [0.05, 0.1) is 0 Å². The number of hydrogen-bond donors (Lipinski definition) is 0. The molecule has 1 fully saturated rings. The summed E-state index contributed by atoms with van der Waals surface area (Å²) in [5.41, 5.74) is 0. The van der Waals surface area contributed by atoms with Crippen molar-refractivity contribution in [2.75, 3.05) is 6.54 Å². The van der Waals surface area contributed by atoms with E-state index in [1.807, 2.05) is 6.92 Å². The van der Waals surface area contributed by atoms with Gasteiger partial charge in [-0.25, -0.2) is 8.42 Å². The van der Waals surface area contributed by atoms with Gasteiger partial charge in [0.2, 0.25) is 0 Å². The van der Waals surface area contributed by atoms with Crippen molar-refractivity contribution < 1.29 is 17.6 Å². The molecule has 1 unspecified atom stereocenters. The standard InChI is InChI=1S/C12H16ClNO4S/c1-8-5-3-4-6-14(8)12(15)10-7-11(9(2)18-10)19(13,16)17/h7-8H,3-6H2,1-2H3. The number of carbonyl (C=O) groups is 1. The number of rotatable bonds is 2. The van der Waals surface area contributed by atoms with Gasteiger partial charge in [0, 0.05) is 29.3 Å².